The van der Waals surface area contributed by atoms with Crippen molar-refractivity contribution in [2.24, 2.45) is 17.8 Å². The largest absolute Gasteiger partial charge is 0.416 e. The molecule has 1 N–H and O–H groups in total. The minimum absolute atomic E-state index is 0.103. The van der Waals surface area contributed by atoms with E-state index in [1.807, 2.05) is 12.1 Å². The molecule has 1 aromatic carbocycles. The van der Waals surface area contributed by atoms with Gasteiger partial charge in [-0.3, -0.25) is 14.7 Å². The molecule has 1 aliphatic carbocycles. The molecule has 1 amide bonds. The average Bonchev–Trinajstić information content (AvgIpc) is 3.17. The Kier molecular flexibility index (Phi) is 5.90. The van der Waals surface area contributed by atoms with E-state index in [0.717, 1.165) is 42.8 Å². The fourth-order valence-electron chi connectivity index (χ4n) is 4.42. The molecule has 2 aliphatic rings. The van der Waals surface area contributed by atoms with Gasteiger partial charge in [0.2, 0.25) is 5.91 Å². The minimum atomic E-state index is -4.29. The monoisotopic (exact) mass is 415 g/mol. The van der Waals surface area contributed by atoms with Crippen molar-refractivity contribution in [3.8, 4) is 0 Å². The molecular weight excluding hydrogens is 391 g/mol. The summed E-state index contributed by atoms with van der Waals surface area (Å²) >= 11 is 0. The molecule has 1 aliphatic heterocycles. The van der Waals surface area contributed by atoms with Crippen molar-refractivity contribution >= 4 is 12.0 Å². The first kappa shape index (κ1) is 20.6. The maximum Gasteiger partial charge on any atom is 0.416 e. The highest BCUT2D eigenvalue weighted by atomic mass is 19.4. The Morgan fingerprint density at radius 1 is 1.17 bits per heavy atom. The Hall–Kier alpha value is -2.67. The van der Waals surface area contributed by atoms with Crippen LogP contribution < -0.4 is 5.32 Å². The van der Waals surface area contributed by atoms with Crippen molar-refractivity contribution in [2.45, 2.75) is 19.1 Å². The molecule has 0 radical (unpaired) electrons. The summed E-state index contributed by atoms with van der Waals surface area (Å²) in [5.74, 6) is 1.81. The molecule has 1 saturated heterocycles. The third kappa shape index (κ3) is 5.08. The number of alkyl halides is 3. The zero-order valence-electron chi connectivity index (χ0n) is 16.5. The molecule has 2 unspecified atom stereocenters. The first-order valence-corrected chi connectivity index (χ1v) is 10.1. The molecule has 7 heteroatoms. The number of likely N-dealkylation sites (tertiary alicyclic amines) is 1. The van der Waals surface area contributed by atoms with Crippen molar-refractivity contribution in [1.82, 2.24) is 15.2 Å². The molecule has 4 nitrogen and oxygen atoms in total. The number of amides is 1. The van der Waals surface area contributed by atoms with E-state index in [4.69, 9.17) is 0 Å². The molecule has 4 rings (SSSR count). The standard InChI is InChI=1S/C23H24F3N3O/c24-23(25,26)18-6-3-17(4-7-18)13-29-14-20-19(21(20)15-29)9-11-28-22(30)8-5-16-2-1-10-27-12-16/h1-8,10,12,19-21H,9,11,13-15H2,(H,28,30)/b8-5+. The van der Waals surface area contributed by atoms with Gasteiger partial charge in [0.25, 0.3) is 0 Å². The fraction of sp³-hybridized carbons (Fsp3) is 0.391. The van der Waals surface area contributed by atoms with E-state index >= 15 is 0 Å². The number of nitrogens with one attached hydrogen (secondary N) is 1. The van der Waals surface area contributed by atoms with Gasteiger partial charge in [-0.25, -0.2) is 0 Å². The van der Waals surface area contributed by atoms with Crippen LogP contribution >= 0.6 is 0 Å². The van der Waals surface area contributed by atoms with E-state index in [1.54, 1.807) is 30.6 Å². The van der Waals surface area contributed by atoms with E-state index in [1.165, 1.54) is 6.08 Å². The average molecular weight is 415 g/mol. The molecule has 2 atom stereocenters. The number of nitrogens with zero attached hydrogens (tertiary/aromatic N) is 2. The summed E-state index contributed by atoms with van der Waals surface area (Å²) in [6.07, 6.45) is 3.34. The van der Waals surface area contributed by atoms with Crippen molar-refractivity contribution in [1.29, 1.82) is 0 Å². The lowest BCUT2D eigenvalue weighted by Gasteiger charge is -2.20. The number of pyridine rings is 1. The molecule has 2 aromatic rings. The van der Waals surface area contributed by atoms with Gasteiger partial charge in [0.1, 0.15) is 0 Å². The van der Waals surface area contributed by atoms with E-state index in [0.29, 0.717) is 30.8 Å². The van der Waals surface area contributed by atoms with Crippen LogP contribution in [-0.4, -0.2) is 35.4 Å². The molecule has 2 fully saturated rings. The van der Waals surface area contributed by atoms with Gasteiger partial charge in [-0.2, -0.15) is 13.2 Å². The third-order valence-corrected chi connectivity index (χ3v) is 6.02. The van der Waals surface area contributed by atoms with Crippen LogP contribution in [0.15, 0.2) is 54.9 Å². The second-order valence-electron chi connectivity index (χ2n) is 8.08. The Balaban J connectivity index is 1.15. The van der Waals surface area contributed by atoms with E-state index in [-0.39, 0.29) is 5.91 Å². The number of carbonyl (C=O) groups excluding carboxylic acids is 1. The number of carbonyl (C=O) groups is 1. The molecule has 30 heavy (non-hydrogen) atoms. The molecule has 0 spiro atoms. The maximum absolute atomic E-state index is 12.7. The Morgan fingerprint density at radius 3 is 2.53 bits per heavy atom. The van der Waals surface area contributed by atoms with Crippen molar-refractivity contribution < 1.29 is 18.0 Å². The number of halogens is 3. The molecule has 0 bridgehead atoms. The molecule has 1 aromatic heterocycles. The first-order chi connectivity index (χ1) is 14.4. The molecule has 158 valence electrons. The Morgan fingerprint density at radius 2 is 1.90 bits per heavy atom. The summed E-state index contributed by atoms with van der Waals surface area (Å²) in [5.41, 5.74) is 1.19. The van der Waals surface area contributed by atoms with Crippen LogP contribution in [0, 0.1) is 17.8 Å². The minimum Gasteiger partial charge on any atom is -0.353 e. The van der Waals surface area contributed by atoms with Crippen LogP contribution in [0.5, 0.6) is 0 Å². The SMILES string of the molecule is O=C(/C=C/c1cccnc1)NCCC1C2CN(Cc3ccc(C(F)(F)F)cc3)CC12. The zero-order chi connectivity index (χ0) is 21.1. The second kappa shape index (κ2) is 8.60. The smallest absolute Gasteiger partial charge is 0.353 e. The third-order valence-electron chi connectivity index (χ3n) is 6.02. The lowest BCUT2D eigenvalue weighted by Crippen LogP contribution is -2.26. The molecular formula is C23H24F3N3O. The predicted molar refractivity (Wildman–Crippen MR) is 108 cm³/mol. The molecule has 1 saturated carbocycles. The van der Waals surface area contributed by atoms with Gasteiger partial charge < -0.3 is 5.32 Å². The number of rotatable bonds is 7. The van der Waals surface area contributed by atoms with E-state index in [2.05, 4.69) is 15.2 Å². The number of aromatic nitrogens is 1. The number of fused-ring (bicyclic) bond motifs is 1. The van der Waals surface area contributed by atoms with Crippen LogP contribution in [-0.2, 0) is 17.5 Å². The maximum atomic E-state index is 12.7. The van der Waals surface area contributed by atoms with Crippen LogP contribution in [0.25, 0.3) is 6.08 Å². The van der Waals surface area contributed by atoms with Gasteiger partial charge in [-0.1, -0.05) is 18.2 Å². The van der Waals surface area contributed by atoms with Gasteiger partial charge in [0.05, 0.1) is 5.56 Å². The predicted octanol–water partition coefficient (Wildman–Crippen LogP) is 4.00. The Bertz CT molecular complexity index is 884. The van der Waals surface area contributed by atoms with Gasteiger partial charge in [0.15, 0.2) is 0 Å². The number of hydrogen-bond acceptors (Lipinski definition) is 3. The lowest BCUT2D eigenvalue weighted by molar-refractivity contribution is -0.137. The van der Waals surface area contributed by atoms with Gasteiger partial charge >= 0.3 is 6.18 Å². The number of piperidine rings is 1. The first-order valence-electron chi connectivity index (χ1n) is 10.1. The van der Waals surface area contributed by atoms with Crippen LogP contribution in [0.2, 0.25) is 0 Å². The highest BCUT2D eigenvalue weighted by Crippen LogP contribution is 2.53. The van der Waals surface area contributed by atoms with Crippen molar-refractivity contribution in [3.05, 3.63) is 71.6 Å². The quantitative estimate of drug-likeness (QED) is 0.696. The summed E-state index contributed by atoms with van der Waals surface area (Å²) in [5, 5.41) is 2.93. The molecule has 2 heterocycles. The summed E-state index contributed by atoms with van der Waals surface area (Å²) < 4.78 is 38.0. The Labute approximate surface area is 173 Å². The normalized spacial score (nSPS) is 23.5. The highest BCUT2D eigenvalue weighted by molar-refractivity contribution is 5.91. The highest BCUT2D eigenvalue weighted by Gasteiger charge is 2.54. The van der Waals surface area contributed by atoms with Crippen molar-refractivity contribution in [3.63, 3.8) is 0 Å². The lowest BCUT2D eigenvalue weighted by atomic mass is 10.1. The van der Waals surface area contributed by atoms with Crippen molar-refractivity contribution in [2.75, 3.05) is 19.6 Å². The summed E-state index contributed by atoms with van der Waals surface area (Å²) in [4.78, 5) is 18.2. The van der Waals surface area contributed by atoms with Crippen LogP contribution in [0.4, 0.5) is 13.2 Å². The van der Waals surface area contributed by atoms with Crippen LogP contribution in [0.1, 0.15) is 23.1 Å². The van der Waals surface area contributed by atoms with Crippen LogP contribution in [0.3, 0.4) is 0 Å². The fourth-order valence-corrected chi connectivity index (χ4v) is 4.42. The van der Waals surface area contributed by atoms with E-state index < -0.39 is 11.7 Å². The van der Waals surface area contributed by atoms with E-state index in [9.17, 15) is 18.0 Å². The topological polar surface area (TPSA) is 45.2 Å². The summed E-state index contributed by atoms with van der Waals surface area (Å²) in [6, 6.07) is 9.15. The zero-order valence-corrected chi connectivity index (χ0v) is 16.5. The summed E-state index contributed by atoms with van der Waals surface area (Å²) in [6.45, 7) is 3.30. The number of hydrogen-bond donors (Lipinski definition) is 1. The van der Waals surface area contributed by atoms with Gasteiger partial charge in [-0.05, 0) is 59.6 Å². The summed E-state index contributed by atoms with van der Waals surface area (Å²) in [7, 11) is 0. The van der Waals surface area contributed by atoms with Gasteiger partial charge in [-0.15, -0.1) is 0 Å². The van der Waals surface area contributed by atoms with Gasteiger partial charge in [0, 0.05) is 44.6 Å². The second-order valence-corrected chi connectivity index (χ2v) is 8.08. The number of benzene rings is 1.